The molecule has 1 rings (SSSR count). The lowest BCUT2D eigenvalue weighted by Gasteiger charge is -2.32. The molecule has 0 aliphatic carbocycles. The normalized spacial score (nSPS) is 23.7. The van der Waals surface area contributed by atoms with Gasteiger partial charge in [0.15, 0.2) is 0 Å². The van der Waals surface area contributed by atoms with E-state index in [1.807, 2.05) is 0 Å². The van der Waals surface area contributed by atoms with Gasteiger partial charge in [0.1, 0.15) is 0 Å². The summed E-state index contributed by atoms with van der Waals surface area (Å²) in [4.78, 5) is 12.1. The summed E-state index contributed by atoms with van der Waals surface area (Å²) in [5, 5.41) is 8.77. The molecule has 0 saturated carbocycles. The van der Waals surface area contributed by atoms with E-state index in [-0.39, 0.29) is 6.04 Å². The van der Waals surface area contributed by atoms with Crippen LogP contribution in [0.2, 0.25) is 0 Å². The van der Waals surface area contributed by atoms with Crippen LogP contribution in [0.5, 0.6) is 0 Å². The molecule has 0 spiro atoms. The topological polar surface area (TPSA) is 49.8 Å². The molecule has 0 aromatic heterocycles. The van der Waals surface area contributed by atoms with E-state index in [1.54, 1.807) is 6.08 Å². The van der Waals surface area contributed by atoms with Gasteiger partial charge in [0.05, 0.1) is 19.3 Å². The zero-order valence-corrected chi connectivity index (χ0v) is 6.90. The van der Waals surface area contributed by atoms with E-state index in [9.17, 15) is 4.79 Å². The van der Waals surface area contributed by atoms with Crippen LogP contribution in [0.4, 0.5) is 4.79 Å². The Morgan fingerprint density at radius 3 is 3.17 bits per heavy atom. The van der Waals surface area contributed by atoms with Gasteiger partial charge in [0.25, 0.3) is 0 Å². The molecule has 1 saturated heterocycles. The third-order valence-corrected chi connectivity index (χ3v) is 1.91. The fourth-order valence-corrected chi connectivity index (χ4v) is 1.29. The van der Waals surface area contributed by atoms with E-state index in [0.717, 1.165) is 0 Å². The lowest BCUT2D eigenvalue weighted by molar-refractivity contribution is 0.00116. The second-order valence-corrected chi connectivity index (χ2v) is 2.73. The van der Waals surface area contributed by atoms with E-state index < -0.39 is 6.09 Å². The Labute approximate surface area is 71.4 Å². The van der Waals surface area contributed by atoms with Crippen molar-refractivity contribution in [2.75, 3.05) is 19.8 Å². The van der Waals surface area contributed by atoms with Gasteiger partial charge in [-0.2, -0.15) is 0 Å². The van der Waals surface area contributed by atoms with E-state index in [4.69, 9.17) is 9.84 Å². The highest BCUT2D eigenvalue weighted by Gasteiger charge is 2.25. The second kappa shape index (κ2) is 4.11. The van der Waals surface area contributed by atoms with Crippen molar-refractivity contribution in [2.45, 2.75) is 12.5 Å². The van der Waals surface area contributed by atoms with Gasteiger partial charge in [0, 0.05) is 6.54 Å². The first-order valence-electron chi connectivity index (χ1n) is 3.94. The number of hydrogen-bond acceptors (Lipinski definition) is 2. The van der Waals surface area contributed by atoms with Crippen LogP contribution in [0.25, 0.3) is 0 Å². The van der Waals surface area contributed by atoms with Crippen molar-refractivity contribution in [3.8, 4) is 0 Å². The summed E-state index contributed by atoms with van der Waals surface area (Å²) in [6.45, 7) is 5.02. The fourth-order valence-electron chi connectivity index (χ4n) is 1.29. The van der Waals surface area contributed by atoms with Crippen LogP contribution in [0, 0.1) is 0 Å². The van der Waals surface area contributed by atoms with Gasteiger partial charge in [-0.1, -0.05) is 6.08 Å². The minimum absolute atomic E-state index is 0.0475. The Kier molecular flexibility index (Phi) is 3.10. The van der Waals surface area contributed by atoms with Crippen molar-refractivity contribution in [1.29, 1.82) is 0 Å². The van der Waals surface area contributed by atoms with Crippen molar-refractivity contribution in [1.82, 2.24) is 4.90 Å². The summed E-state index contributed by atoms with van der Waals surface area (Å²) >= 11 is 0. The largest absolute Gasteiger partial charge is 0.465 e. The second-order valence-electron chi connectivity index (χ2n) is 2.73. The SMILES string of the molecule is C=CCC1COCCN1C(=O)O. The smallest absolute Gasteiger partial charge is 0.407 e. The highest BCUT2D eigenvalue weighted by atomic mass is 16.5. The molecule has 0 aromatic carbocycles. The number of carbonyl (C=O) groups is 1. The van der Waals surface area contributed by atoms with Gasteiger partial charge < -0.3 is 14.7 Å². The molecule has 0 radical (unpaired) electrons. The molecule has 0 bridgehead atoms. The number of carboxylic acid groups (broad SMARTS) is 1. The molecule has 1 amide bonds. The summed E-state index contributed by atoms with van der Waals surface area (Å²) < 4.78 is 5.16. The molecular weight excluding hydrogens is 158 g/mol. The predicted octanol–water partition coefficient (Wildman–Crippen LogP) is 0.941. The molecule has 1 atom stereocenters. The molecule has 4 nitrogen and oxygen atoms in total. The number of ether oxygens (including phenoxy) is 1. The Morgan fingerprint density at radius 1 is 1.83 bits per heavy atom. The van der Waals surface area contributed by atoms with Crippen LogP contribution in [0.15, 0.2) is 12.7 Å². The molecule has 1 aliphatic heterocycles. The molecule has 4 heteroatoms. The summed E-state index contributed by atoms with van der Waals surface area (Å²) in [6.07, 6.45) is 1.51. The van der Waals surface area contributed by atoms with Crippen LogP contribution < -0.4 is 0 Å². The first-order valence-corrected chi connectivity index (χ1v) is 3.94. The van der Waals surface area contributed by atoms with E-state index in [0.29, 0.717) is 26.2 Å². The summed E-state index contributed by atoms with van der Waals surface area (Å²) in [5.74, 6) is 0. The van der Waals surface area contributed by atoms with Crippen LogP contribution in [-0.4, -0.2) is 41.9 Å². The molecule has 1 N–H and O–H groups in total. The summed E-state index contributed by atoms with van der Waals surface area (Å²) in [6, 6.07) is -0.0475. The maximum absolute atomic E-state index is 10.7. The van der Waals surface area contributed by atoms with Gasteiger partial charge in [0.2, 0.25) is 0 Å². The molecular formula is C8H13NO3. The first-order chi connectivity index (χ1) is 5.75. The van der Waals surface area contributed by atoms with Gasteiger partial charge in [-0.3, -0.25) is 0 Å². The molecule has 1 fully saturated rings. The average molecular weight is 171 g/mol. The number of morpholine rings is 1. The van der Waals surface area contributed by atoms with Crippen molar-refractivity contribution in [2.24, 2.45) is 0 Å². The maximum atomic E-state index is 10.7. The van der Waals surface area contributed by atoms with Crippen LogP contribution in [0.1, 0.15) is 6.42 Å². The minimum atomic E-state index is -0.870. The summed E-state index contributed by atoms with van der Waals surface area (Å²) in [5.41, 5.74) is 0. The maximum Gasteiger partial charge on any atom is 0.407 e. The Hall–Kier alpha value is -1.03. The number of nitrogens with zero attached hydrogens (tertiary/aromatic N) is 1. The van der Waals surface area contributed by atoms with E-state index in [1.165, 1.54) is 4.90 Å². The molecule has 1 unspecified atom stereocenters. The predicted molar refractivity (Wildman–Crippen MR) is 44.2 cm³/mol. The highest BCUT2D eigenvalue weighted by molar-refractivity contribution is 5.65. The quantitative estimate of drug-likeness (QED) is 0.629. The van der Waals surface area contributed by atoms with Crippen molar-refractivity contribution in [3.63, 3.8) is 0 Å². The van der Waals surface area contributed by atoms with E-state index in [2.05, 4.69) is 6.58 Å². The van der Waals surface area contributed by atoms with Gasteiger partial charge in [-0.05, 0) is 6.42 Å². The zero-order valence-electron chi connectivity index (χ0n) is 6.90. The molecule has 1 heterocycles. The van der Waals surface area contributed by atoms with Crippen LogP contribution in [-0.2, 0) is 4.74 Å². The Morgan fingerprint density at radius 2 is 2.58 bits per heavy atom. The lowest BCUT2D eigenvalue weighted by atomic mass is 10.2. The van der Waals surface area contributed by atoms with Crippen molar-refractivity contribution in [3.05, 3.63) is 12.7 Å². The summed E-state index contributed by atoms with van der Waals surface area (Å²) in [7, 11) is 0. The molecule has 1 aliphatic rings. The third kappa shape index (κ3) is 1.98. The van der Waals surface area contributed by atoms with Gasteiger partial charge in [-0.25, -0.2) is 4.79 Å². The number of rotatable bonds is 2. The van der Waals surface area contributed by atoms with Crippen LogP contribution in [0.3, 0.4) is 0 Å². The standard InChI is InChI=1S/C8H13NO3/c1-2-3-7-6-12-5-4-9(7)8(10)11/h2,7H,1,3-6H2,(H,10,11). The monoisotopic (exact) mass is 171 g/mol. The van der Waals surface area contributed by atoms with Crippen molar-refractivity contribution < 1.29 is 14.6 Å². The third-order valence-electron chi connectivity index (χ3n) is 1.91. The average Bonchev–Trinajstić information content (AvgIpc) is 2.05. The minimum Gasteiger partial charge on any atom is -0.465 e. The van der Waals surface area contributed by atoms with Crippen molar-refractivity contribution >= 4 is 6.09 Å². The first kappa shape index (κ1) is 9.06. The Balaban J connectivity index is 2.53. The number of hydrogen-bond donors (Lipinski definition) is 1. The van der Waals surface area contributed by atoms with Gasteiger partial charge in [-0.15, -0.1) is 6.58 Å². The van der Waals surface area contributed by atoms with Crippen LogP contribution >= 0.6 is 0 Å². The van der Waals surface area contributed by atoms with E-state index >= 15 is 0 Å². The number of amides is 1. The molecule has 12 heavy (non-hydrogen) atoms. The van der Waals surface area contributed by atoms with Gasteiger partial charge >= 0.3 is 6.09 Å². The fraction of sp³-hybridized carbons (Fsp3) is 0.625. The Bertz CT molecular complexity index is 181. The zero-order chi connectivity index (χ0) is 8.97. The molecule has 68 valence electrons. The molecule has 0 aromatic rings. The lowest BCUT2D eigenvalue weighted by Crippen LogP contribution is -2.47. The highest BCUT2D eigenvalue weighted by Crippen LogP contribution is 2.10.